The van der Waals surface area contributed by atoms with Crippen LogP contribution in [0.5, 0.6) is 5.75 Å². The Labute approximate surface area is 157 Å². The summed E-state index contributed by atoms with van der Waals surface area (Å²) in [6.45, 7) is 6.21. The van der Waals surface area contributed by atoms with E-state index < -0.39 is 0 Å². The second-order valence-corrected chi connectivity index (χ2v) is 7.32. The Hall–Kier alpha value is -2.73. The number of amides is 2. The molecule has 1 aromatic carbocycles. The van der Waals surface area contributed by atoms with Crippen molar-refractivity contribution < 1.29 is 9.53 Å². The molecule has 5 nitrogen and oxygen atoms in total. The van der Waals surface area contributed by atoms with Crippen LogP contribution < -0.4 is 15.4 Å². The van der Waals surface area contributed by atoms with Crippen molar-refractivity contribution >= 4 is 23.1 Å². The molecule has 2 heterocycles. The van der Waals surface area contributed by atoms with Crippen LogP contribution in [0.15, 0.2) is 48.8 Å². The first kappa shape index (κ1) is 18.1. The number of hydrogen-bond acceptors (Lipinski definition) is 3. The molecule has 2 N–H and O–H groups in total. The third kappa shape index (κ3) is 3.60. The Morgan fingerprint density at radius 2 is 1.85 bits per heavy atom. The fraction of sp³-hybridized carbons (Fsp3) is 0.250. The van der Waals surface area contributed by atoms with Gasteiger partial charge in [0.2, 0.25) is 0 Å². The van der Waals surface area contributed by atoms with Gasteiger partial charge in [-0.1, -0.05) is 12.1 Å². The maximum absolute atomic E-state index is 12.5. The number of carbonyl (C=O) groups excluding carboxylic acids is 1. The molecule has 0 aliphatic heterocycles. The quantitative estimate of drug-likeness (QED) is 0.661. The van der Waals surface area contributed by atoms with Crippen molar-refractivity contribution in [2.24, 2.45) is 0 Å². The monoisotopic (exact) mass is 369 g/mol. The number of nitrogens with one attached hydrogen (secondary N) is 2. The van der Waals surface area contributed by atoms with Gasteiger partial charge in [0.1, 0.15) is 10.8 Å². The molecule has 136 valence electrons. The van der Waals surface area contributed by atoms with Gasteiger partial charge in [-0.05, 0) is 50.6 Å². The van der Waals surface area contributed by atoms with Gasteiger partial charge in [0.15, 0.2) is 0 Å². The van der Waals surface area contributed by atoms with Crippen molar-refractivity contribution in [3.05, 3.63) is 64.8 Å². The van der Waals surface area contributed by atoms with Gasteiger partial charge in [0, 0.05) is 22.8 Å². The molecule has 3 aromatic rings. The number of nitrogens with zero attached hydrogens (tertiary/aromatic N) is 1. The molecule has 2 aromatic heterocycles. The lowest BCUT2D eigenvalue weighted by Gasteiger charge is -2.18. The van der Waals surface area contributed by atoms with E-state index >= 15 is 0 Å². The summed E-state index contributed by atoms with van der Waals surface area (Å²) in [5.41, 5.74) is 2.99. The van der Waals surface area contributed by atoms with Gasteiger partial charge in [-0.3, -0.25) is 0 Å². The van der Waals surface area contributed by atoms with Crippen molar-refractivity contribution in [2.45, 2.75) is 26.8 Å². The molecule has 0 fully saturated rings. The average molecular weight is 369 g/mol. The van der Waals surface area contributed by atoms with Crippen molar-refractivity contribution in [3.8, 4) is 10.8 Å². The fourth-order valence-corrected chi connectivity index (χ4v) is 4.19. The maximum atomic E-state index is 12.5. The number of benzene rings is 1. The van der Waals surface area contributed by atoms with Crippen LogP contribution in [0.2, 0.25) is 0 Å². The minimum absolute atomic E-state index is 0.132. The van der Waals surface area contributed by atoms with Crippen molar-refractivity contribution in [3.63, 3.8) is 0 Å². The normalized spacial score (nSPS) is 11.8. The lowest BCUT2D eigenvalue weighted by molar-refractivity contribution is 0.249. The first-order valence-corrected chi connectivity index (χ1v) is 9.26. The number of para-hydroxylation sites is 2. The Bertz CT molecular complexity index is 900. The fourth-order valence-electron chi connectivity index (χ4n) is 2.97. The second kappa shape index (κ2) is 7.66. The summed E-state index contributed by atoms with van der Waals surface area (Å²) in [6, 6.07) is 11.0. The molecule has 0 saturated heterocycles. The van der Waals surface area contributed by atoms with Gasteiger partial charge in [0.05, 0.1) is 18.8 Å². The van der Waals surface area contributed by atoms with Crippen LogP contribution in [-0.4, -0.2) is 17.7 Å². The molecule has 1 unspecified atom stereocenters. The average Bonchev–Trinajstić information content (AvgIpc) is 3.24. The molecular formula is C20H23N3O2S. The topological polar surface area (TPSA) is 55.3 Å². The predicted octanol–water partition coefficient (Wildman–Crippen LogP) is 5.05. The molecule has 0 saturated carbocycles. The number of ether oxygens (including phenoxy) is 1. The number of aryl methyl sites for hydroxylation is 1. The molecular weight excluding hydrogens is 346 g/mol. The Morgan fingerprint density at radius 3 is 2.54 bits per heavy atom. The highest BCUT2D eigenvalue weighted by molar-refractivity contribution is 7.14. The molecule has 0 radical (unpaired) electrons. The van der Waals surface area contributed by atoms with E-state index in [1.54, 1.807) is 18.4 Å². The van der Waals surface area contributed by atoms with Crippen LogP contribution in [-0.2, 0) is 0 Å². The van der Waals surface area contributed by atoms with Gasteiger partial charge in [-0.15, -0.1) is 11.3 Å². The molecule has 26 heavy (non-hydrogen) atoms. The van der Waals surface area contributed by atoms with Crippen LogP contribution in [0.25, 0.3) is 5.00 Å². The van der Waals surface area contributed by atoms with E-state index in [0.29, 0.717) is 11.4 Å². The van der Waals surface area contributed by atoms with E-state index in [-0.39, 0.29) is 12.1 Å². The predicted molar refractivity (Wildman–Crippen MR) is 107 cm³/mol. The van der Waals surface area contributed by atoms with E-state index in [1.165, 1.54) is 10.4 Å². The van der Waals surface area contributed by atoms with Crippen LogP contribution in [0.3, 0.4) is 0 Å². The summed E-state index contributed by atoms with van der Waals surface area (Å²) in [7, 11) is 1.59. The molecule has 0 aliphatic carbocycles. The Balaban J connectivity index is 1.80. The number of thiophene rings is 1. The van der Waals surface area contributed by atoms with E-state index in [4.69, 9.17) is 4.74 Å². The van der Waals surface area contributed by atoms with Crippen molar-refractivity contribution in [2.75, 3.05) is 12.4 Å². The van der Waals surface area contributed by atoms with Crippen LogP contribution in [0, 0.1) is 13.8 Å². The molecule has 3 rings (SSSR count). The highest BCUT2D eigenvalue weighted by Crippen LogP contribution is 2.35. The number of methoxy groups -OCH3 is 1. The third-order valence-electron chi connectivity index (χ3n) is 4.39. The largest absolute Gasteiger partial charge is 0.495 e. The van der Waals surface area contributed by atoms with Crippen LogP contribution in [0.1, 0.15) is 29.0 Å². The summed E-state index contributed by atoms with van der Waals surface area (Å²) >= 11 is 1.74. The third-order valence-corrected chi connectivity index (χ3v) is 5.62. The van der Waals surface area contributed by atoms with E-state index in [9.17, 15) is 4.79 Å². The Morgan fingerprint density at radius 1 is 1.15 bits per heavy atom. The molecule has 2 amide bonds. The first-order chi connectivity index (χ1) is 12.5. The van der Waals surface area contributed by atoms with Crippen molar-refractivity contribution in [1.82, 2.24) is 9.88 Å². The van der Waals surface area contributed by atoms with Gasteiger partial charge >= 0.3 is 6.03 Å². The molecule has 1 atom stereocenters. The smallest absolute Gasteiger partial charge is 0.319 e. The zero-order valence-corrected chi connectivity index (χ0v) is 16.2. The van der Waals surface area contributed by atoms with Crippen LogP contribution in [0.4, 0.5) is 10.5 Å². The van der Waals surface area contributed by atoms with Crippen molar-refractivity contribution in [1.29, 1.82) is 0 Å². The molecule has 0 bridgehead atoms. The number of aromatic nitrogens is 1. The van der Waals surface area contributed by atoms with Gasteiger partial charge in [-0.25, -0.2) is 4.79 Å². The summed E-state index contributed by atoms with van der Waals surface area (Å²) in [5.74, 6) is 0.630. The highest BCUT2D eigenvalue weighted by atomic mass is 32.1. The second-order valence-electron chi connectivity index (χ2n) is 6.11. The SMILES string of the molecule is COc1ccccc1NC(=O)NC(C)c1c(-n2cccc2)sc(C)c1C. The zero-order valence-electron chi connectivity index (χ0n) is 15.4. The van der Waals surface area contributed by atoms with Crippen LogP contribution >= 0.6 is 11.3 Å². The van der Waals surface area contributed by atoms with E-state index in [0.717, 1.165) is 10.6 Å². The maximum Gasteiger partial charge on any atom is 0.319 e. The van der Waals surface area contributed by atoms with Gasteiger partial charge < -0.3 is 19.9 Å². The summed E-state index contributed by atoms with van der Waals surface area (Å²) in [5, 5.41) is 7.04. The molecule has 6 heteroatoms. The first-order valence-electron chi connectivity index (χ1n) is 8.45. The van der Waals surface area contributed by atoms with E-state index in [1.807, 2.05) is 55.7 Å². The van der Waals surface area contributed by atoms with E-state index in [2.05, 4.69) is 29.0 Å². The molecule has 0 aliphatic rings. The lowest BCUT2D eigenvalue weighted by atomic mass is 10.1. The number of rotatable bonds is 5. The standard InChI is InChI=1S/C20H23N3O2S/c1-13-15(3)26-19(23-11-7-8-12-23)18(13)14(2)21-20(24)22-16-9-5-6-10-17(16)25-4/h5-12,14H,1-4H3,(H2,21,22,24). The summed E-state index contributed by atoms with van der Waals surface area (Å²) in [4.78, 5) is 13.8. The number of hydrogen-bond donors (Lipinski definition) is 2. The zero-order chi connectivity index (χ0) is 18.7. The summed E-state index contributed by atoms with van der Waals surface area (Å²) < 4.78 is 7.38. The Kier molecular flexibility index (Phi) is 5.32. The minimum atomic E-state index is -0.260. The number of urea groups is 1. The number of anilines is 1. The highest BCUT2D eigenvalue weighted by Gasteiger charge is 2.21. The summed E-state index contributed by atoms with van der Waals surface area (Å²) in [6.07, 6.45) is 4.05. The lowest BCUT2D eigenvalue weighted by Crippen LogP contribution is -2.31. The molecule has 0 spiro atoms. The number of carbonyl (C=O) groups is 1. The van der Waals surface area contributed by atoms with Gasteiger partial charge in [0.25, 0.3) is 0 Å². The van der Waals surface area contributed by atoms with Gasteiger partial charge in [-0.2, -0.15) is 0 Å². The minimum Gasteiger partial charge on any atom is -0.495 e.